The molecular formula is C15H25NO. The highest BCUT2D eigenvalue weighted by atomic mass is 16.5. The lowest BCUT2D eigenvalue weighted by Crippen LogP contribution is -2.23. The summed E-state index contributed by atoms with van der Waals surface area (Å²) < 4.78 is 5.22. The SMILES string of the molecule is COCc1ccccc1CCCCNC(C)C. The van der Waals surface area contributed by atoms with E-state index in [0.29, 0.717) is 6.04 Å². The van der Waals surface area contributed by atoms with Crippen LogP contribution in [0, 0.1) is 0 Å². The van der Waals surface area contributed by atoms with Gasteiger partial charge in [-0.3, -0.25) is 0 Å². The minimum Gasteiger partial charge on any atom is -0.380 e. The number of aryl methyl sites for hydroxylation is 1. The number of nitrogens with one attached hydrogen (secondary N) is 1. The van der Waals surface area contributed by atoms with Crippen LogP contribution >= 0.6 is 0 Å². The Kier molecular flexibility index (Phi) is 6.90. The van der Waals surface area contributed by atoms with Gasteiger partial charge in [0.2, 0.25) is 0 Å². The van der Waals surface area contributed by atoms with Crippen LogP contribution in [-0.2, 0) is 17.8 Å². The van der Waals surface area contributed by atoms with E-state index in [0.717, 1.165) is 19.6 Å². The van der Waals surface area contributed by atoms with Gasteiger partial charge in [-0.1, -0.05) is 38.1 Å². The molecule has 0 saturated carbocycles. The van der Waals surface area contributed by atoms with Gasteiger partial charge in [-0.05, 0) is 36.9 Å². The Morgan fingerprint density at radius 1 is 1.12 bits per heavy atom. The Bertz CT molecular complexity index is 310. The number of benzene rings is 1. The van der Waals surface area contributed by atoms with Gasteiger partial charge in [-0.25, -0.2) is 0 Å². The highest BCUT2D eigenvalue weighted by Gasteiger charge is 2.01. The molecule has 0 bridgehead atoms. The zero-order chi connectivity index (χ0) is 12.5. The minimum atomic E-state index is 0.593. The third-order valence-electron chi connectivity index (χ3n) is 2.84. The van der Waals surface area contributed by atoms with Crippen molar-refractivity contribution < 1.29 is 4.74 Å². The summed E-state index contributed by atoms with van der Waals surface area (Å²) in [6.45, 7) is 6.21. The second-order valence-corrected chi connectivity index (χ2v) is 4.77. The quantitative estimate of drug-likeness (QED) is 0.699. The van der Waals surface area contributed by atoms with E-state index in [1.807, 2.05) is 0 Å². The van der Waals surface area contributed by atoms with Crippen LogP contribution in [0.1, 0.15) is 37.8 Å². The van der Waals surface area contributed by atoms with Gasteiger partial charge in [0, 0.05) is 13.2 Å². The average molecular weight is 235 g/mol. The molecule has 0 aliphatic carbocycles. The summed E-state index contributed by atoms with van der Waals surface area (Å²) in [4.78, 5) is 0. The highest BCUT2D eigenvalue weighted by molar-refractivity contribution is 5.26. The normalized spacial score (nSPS) is 11.1. The molecule has 0 aromatic heterocycles. The van der Waals surface area contributed by atoms with Crippen molar-refractivity contribution in [3.63, 3.8) is 0 Å². The van der Waals surface area contributed by atoms with E-state index in [1.165, 1.54) is 24.0 Å². The molecule has 0 unspecified atom stereocenters. The van der Waals surface area contributed by atoms with Gasteiger partial charge < -0.3 is 10.1 Å². The number of hydrogen-bond acceptors (Lipinski definition) is 2. The zero-order valence-electron chi connectivity index (χ0n) is 11.3. The van der Waals surface area contributed by atoms with E-state index < -0.39 is 0 Å². The summed E-state index contributed by atoms with van der Waals surface area (Å²) in [5, 5.41) is 3.45. The number of rotatable bonds is 8. The first-order valence-corrected chi connectivity index (χ1v) is 6.53. The first-order valence-electron chi connectivity index (χ1n) is 6.53. The summed E-state index contributed by atoms with van der Waals surface area (Å²) >= 11 is 0. The molecule has 0 heterocycles. The van der Waals surface area contributed by atoms with E-state index in [9.17, 15) is 0 Å². The van der Waals surface area contributed by atoms with E-state index >= 15 is 0 Å². The summed E-state index contributed by atoms with van der Waals surface area (Å²) in [6.07, 6.45) is 3.62. The topological polar surface area (TPSA) is 21.3 Å². The molecule has 96 valence electrons. The van der Waals surface area contributed by atoms with Crippen molar-refractivity contribution in [1.82, 2.24) is 5.32 Å². The maximum Gasteiger partial charge on any atom is 0.0715 e. The Morgan fingerprint density at radius 3 is 2.47 bits per heavy atom. The molecular weight excluding hydrogens is 210 g/mol. The van der Waals surface area contributed by atoms with Crippen molar-refractivity contribution >= 4 is 0 Å². The van der Waals surface area contributed by atoms with E-state index in [-0.39, 0.29) is 0 Å². The lowest BCUT2D eigenvalue weighted by molar-refractivity contribution is 0.184. The summed E-state index contributed by atoms with van der Waals surface area (Å²) in [7, 11) is 1.75. The zero-order valence-corrected chi connectivity index (χ0v) is 11.3. The third-order valence-corrected chi connectivity index (χ3v) is 2.84. The number of unbranched alkanes of at least 4 members (excludes halogenated alkanes) is 1. The first-order chi connectivity index (χ1) is 8.24. The van der Waals surface area contributed by atoms with Gasteiger partial charge in [-0.15, -0.1) is 0 Å². The van der Waals surface area contributed by atoms with E-state index in [1.54, 1.807) is 7.11 Å². The van der Waals surface area contributed by atoms with Crippen LogP contribution in [0.3, 0.4) is 0 Å². The third kappa shape index (κ3) is 5.85. The predicted octanol–water partition coefficient (Wildman–Crippen LogP) is 3.15. The molecule has 0 fully saturated rings. The Balaban J connectivity index is 2.30. The van der Waals surface area contributed by atoms with Crippen LogP contribution in [0.4, 0.5) is 0 Å². The van der Waals surface area contributed by atoms with E-state index in [4.69, 9.17) is 4.74 Å². The van der Waals surface area contributed by atoms with Gasteiger partial charge in [-0.2, -0.15) is 0 Å². The fraction of sp³-hybridized carbons (Fsp3) is 0.600. The van der Waals surface area contributed by atoms with Gasteiger partial charge in [0.1, 0.15) is 0 Å². The number of methoxy groups -OCH3 is 1. The number of ether oxygens (including phenoxy) is 1. The fourth-order valence-electron chi connectivity index (χ4n) is 1.93. The average Bonchev–Trinajstić information content (AvgIpc) is 2.31. The first kappa shape index (κ1) is 14.2. The lowest BCUT2D eigenvalue weighted by Gasteiger charge is -2.10. The van der Waals surface area contributed by atoms with Crippen LogP contribution in [0.25, 0.3) is 0 Å². The fourth-order valence-corrected chi connectivity index (χ4v) is 1.93. The lowest BCUT2D eigenvalue weighted by atomic mass is 10.0. The summed E-state index contributed by atoms with van der Waals surface area (Å²) in [5.41, 5.74) is 2.76. The van der Waals surface area contributed by atoms with Crippen molar-refractivity contribution in [2.45, 2.75) is 45.8 Å². The van der Waals surface area contributed by atoms with Gasteiger partial charge in [0.25, 0.3) is 0 Å². The maximum absolute atomic E-state index is 5.22. The largest absolute Gasteiger partial charge is 0.380 e. The standard InChI is InChI=1S/C15H25NO/c1-13(2)16-11-7-6-9-14-8-4-5-10-15(14)12-17-3/h4-5,8,10,13,16H,6-7,9,11-12H2,1-3H3. The Labute approximate surface area is 105 Å². The van der Waals surface area contributed by atoms with Gasteiger partial charge in [0.05, 0.1) is 6.61 Å². The number of hydrogen-bond donors (Lipinski definition) is 1. The van der Waals surface area contributed by atoms with Crippen LogP contribution in [0.15, 0.2) is 24.3 Å². The molecule has 1 aromatic rings. The molecule has 0 saturated heterocycles. The van der Waals surface area contributed by atoms with Crippen LogP contribution < -0.4 is 5.32 Å². The summed E-state index contributed by atoms with van der Waals surface area (Å²) in [6, 6.07) is 9.16. The summed E-state index contributed by atoms with van der Waals surface area (Å²) in [5.74, 6) is 0. The molecule has 0 atom stereocenters. The van der Waals surface area contributed by atoms with Crippen molar-refractivity contribution in [2.75, 3.05) is 13.7 Å². The molecule has 1 aromatic carbocycles. The smallest absolute Gasteiger partial charge is 0.0715 e. The van der Waals surface area contributed by atoms with Crippen molar-refractivity contribution in [2.24, 2.45) is 0 Å². The van der Waals surface area contributed by atoms with Crippen molar-refractivity contribution in [3.8, 4) is 0 Å². The molecule has 0 aliphatic heterocycles. The second-order valence-electron chi connectivity index (χ2n) is 4.77. The molecule has 0 radical (unpaired) electrons. The van der Waals surface area contributed by atoms with Crippen LogP contribution in [0.2, 0.25) is 0 Å². The molecule has 2 nitrogen and oxygen atoms in total. The molecule has 0 aliphatic rings. The molecule has 0 amide bonds. The Hall–Kier alpha value is -0.860. The predicted molar refractivity (Wildman–Crippen MR) is 73.2 cm³/mol. The van der Waals surface area contributed by atoms with Crippen molar-refractivity contribution in [3.05, 3.63) is 35.4 Å². The van der Waals surface area contributed by atoms with E-state index in [2.05, 4.69) is 43.4 Å². The highest BCUT2D eigenvalue weighted by Crippen LogP contribution is 2.12. The molecule has 0 spiro atoms. The molecule has 1 N–H and O–H groups in total. The van der Waals surface area contributed by atoms with Crippen molar-refractivity contribution in [1.29, 1.82) is 0 Å². The Morgan fingerprint density at radius 2 is 1.82 bits per heavy atom. The van der Waals surface area contributed by atoms with Crippen LogP contribution in [-0.4, -0.2) is 19.7 Å². The van der Waals surface area contributed by atoms with Crippen LogP contribution in [0.5, 0.6) is 0 Å². The molecule has 2 heteroatoms. The van der Waals surface area contributed by atoms with Gasteiger partial charge >= 0.3 is 0 Å². The minimum absolute atomic E-state index is 0.593. The maximum atomic E-state index is 5.22. The second kappa shape index (κ2) is 8.26. The monoisotopic (exact) mass is 235 g/mol. The molecule has 17 heavy (non-hydrogen) atoms. The molecule has 1 rings (SSSR count). The van der Waals surface area contributed by atoms with Gasteiger partial charge in [0.15, 0.2) is 0 Å².